The summed E-state index contributed by atoms with van der Waals surface area (Å²) in [4.78, 5) is 28.8. The lowest BCUT2D eigenvalue weighted by Crippen LogP contribution is -2.50. The molecule has 300 valence electrons. The number of nitrogens with zero attached hydrogens (tertiary/aromatic N) is 1. The van der Waals surface area contributed by atoms with Crippen LogP contribution in [0.5, 0.6) is 11.5 Å². The van der Waals surface area contributed by atoms with Crippen molar-refractivity contribution in [2.45, 2.75) is 99.0 Å². The Bertz CT molecular complexity index is 1910. The average Bonchev–Trinajstić information content (AvgIpc) is 4.12. The van der Waals surface area contributed by atoms with E-state index in [2.05, 4.69) is 15.6 Å². The molecule has 2 aromatic carbocycles. The van der Waals surface area contributed by atoms with Crippen LogP contribution in [0.25, 0.3) is 11.1 Å². The number of sulfonamides is 1. The molecule has 0 aliphatic heterocycles. The number of benzene rings is 2. The number of amides is 2. The molecule has 1 aromatic heterocycles. The molecule has 0 spiro atoms. The molecule has 2 saturated carbocycles. The number of primary sulfonamides is 1. The predicted molar refractivity (Wildman–Crippen MR) is 198 cm³/mol. The number of carbonyl (C=O) groups is 2. The second kappa shape index (κ2) is 18.8. The van der Waals surface area contributed by atoms with Gasteiger partial charge in [-0.15, -0.1) is 0 Å². The summed E-state index contributed by atoms with van der Waals surface area (Å²) >= 11 is 6.68. The van der Waals surface area contributed by atoms with E-state index >= 15 is 0 Å². The van der Waals surface area contributed by atoms with E-state index in [1.165, 1.54) is 12.1 Å². The molecule has 0 bridgehead atoms. The van der Waals surface area contributed by atoms with Gasteiger partial charge in [-0.25, -0.2) is 18.4 Å². The van der Waals surface area contributed by atoms with E-state index in [-0.39, 0.29) is 30.7 Å². The molecule has 2 aliphatic rings. The summed E-state index contributed by atoms with van der Waals surface area (Å²) < 4.78 is 43.0. The minimum atomic E-state index is -4.33. The maximum Gasteiger partial charge on any atom is 0.314 e. The molecule has 4 atom stereocenters. The number of carbonyl (C=O) groups excluding carboxylic acids is 2. The van der Waals surface area contributed by atoms with Crippen molar-refractivity contribution >= 4 is 33.6 Å². The van der Waals surface area contributed by atoms with E-state index in [0.29, 0.717) is 37.7 Å². The Morgan fingerprint density at radius 1 is 0.964 bits per heavy atom. The monoisotopic (exact) mass is 806 g/mol. The highest BCUT2D eigenvalue weighted by molar-refractivity contribution is 7.89. The first kappa shape index (κ1) is 42.2. The number of rotatable bonds is 21. The molecule has 16 nitrogen and oxygen atoms in total. The third-order valence-electron chi connectivity index (χ3n) is 9.32. The molecule has 2 fully saturated rings. The van der Waals surface area contributed by atoms with E-state index in [4.69, 9.17) is 36.1 Å². The molecule has 0 radical (unpaired) electrons. The first-order chi connectivity index (χ1) is 26.2. The SMILES string of the molecule is NS(=O)(=O)c1ccc(COC2(c3cnccc3-c3ccccc3OC3CC3)CC2)c(Cl)c1OC(=O)CCCCCNC(=O)NC[C@H](O)[C@@H](O)[C@H](O)[C@H](O)CO. The Morgan fingerprint density at radius 2 is 1.69 bits per heavy atom. The van der Waals surface area contributed by atoms with E-state index in [1.807, 2.05) is 30.3 Å². The summed E-state index contributed by atoms with van der Waals surface area (Å²) in [5, 5.41) is 57.8. The Hall–Kier alpha value is -3.91. The van der Waals surface area contributed by atoms with Crippen LogP contribution in [0.1, 0.15) is 62.5 Å². The number of nitrogens with one attached hydrogen (secondary N) is 2. The second-order valence-corrected chi connectivity index (χ2v) is 15.6. The number of pyridine rings is 1. The standard InChI is InChI=1S/C37H47ClN4O12S/c38-32-22(21-52-37(14-15-37)26-18-40-17-13-24(26)25-6-3-4-7-29(25)53-23-10-11-23)9-12-30(55(39,50)51)35(32)54-31(46)8-2-1-5-16-41-36(49)42-19-27(44)33(47)34(48)28(45)20-43/h3-4,6-7,9,12-13,17-18,23,27-28,33-34,43-45,47-48H,1-2,5,8,10-11,14-16,19-21H2,(H2,39,50,51)(H2,41,42,49)/t27-,28+,33+,34+/m0/s1. The predicted octanol–water partition coefficient (Wildman–Crippen LogP) is 2.00. The normalized spacial score (nSPS) is 17.1. The highest BCUT2D eigenvalue weighted by Crippen LogP contribution is 2.53. The average molecular weight is 807 g/mol. The van der Waals surface area contributed by atoms with Crippen molar-refractivity contribution in [1.82, 2.24) is 15.6 Å². The zero-order valence-electron chi connectivity index (χ0n) is 30.0. The third kappa shape index (κ3) is 11.3. The van der Waals surface area contributed by atoms with Crippen molar-refractivity contribution in [3.63, 3.8) is 0 Å². The van der Waals surface area contributed by atoms with Crippen LogP contribution in [0, 0.1) is 0 Å². The van der Waals surface area contributed by atoms with Gasteiger partial charge < -0.3 is 50.4 Å². The zero-order chi connectivity index (χ0) is 39.8. The molecule has 18 heteroatoms. The van der Waals surface area contributed by atoms with Gasteiger partial charge in [0.15, 0.2) is 5.75 Å². The van der Waals surface area contributed by atoms with Crippen molar-refractivity contribution in [3.8, 4) is 22.6 Å². The smallest absolute Gasteiger partial charge is 0.314 e. The molecular weight excluding hydrogens is 760 g/mol. The van der Waals surface area contributed by atoms with Crippen molar-refractivity contribution in [1.29, 1.82) is 0 Å². The van der Waals surface area contributed by atoms with Gasteiger partial charge >= 0.3 is 12.0 Å². The van der Waals surface area contributed by atoms with Gasteiger partial charge in [0.05, 0.1) is 36.0 Å². The lowest BCUT2D eigenvalue weighted by molar-refractivity contribution is -0.134. The Labute approximate surface area is 323 Å². The van der Waals surface area contributed by atoms with Gasteiger partial charge in [0, 0.05) is 48.6 Å². The summed E-state index contributed by atoms with van der Waals surface area (Å²) in [5.41, 5.74) is 2.45. The van der Waals surface area contributed by atoms with Crippen LogP contribution >= 0.6 is 11.6 Å². The number of para-hydroxylation sites is 1. The largest absolute Gasteiger partial charge is 0.490 e. The number of aliphatic hydroxyl groups excluding tert-OH is 5. The fraction of sp³-hybridized carbons (Fsp3) is 0.486. The molecule has 9 N–H and O–H groups in total. The molecule has 55 heavy (non-hydrogen) atoms. The highest BCUT2D eigenvalue weighted by Gasteiger charge is 2.48. The van der Waals surface area contributed by atoms with Gasteiger partial charge in [0.2, 0.25) is 10.0 Å². The topological polar surface area (TPSA) is 260 Å². The summed E-state index contributed by atoms with van der Waals surface area (Å²) in [7, 11) is -4.33. The van der Waals surface area contributed by atoms with Crippen LogP contribution in [0.3, 0.4) is 0 Å². The van der Waals surface area contributed by atoms with Crippen molar-refractivity contribution in [2.24, 2.45) is 5.14 Å². The van der Waals surface area contributed by atoms with Crippen LogP contribution in [-0.4, -0.2) is 101 Å². The lowest BCUT2D eigenvalue weighted by atomic mass is 9.96. The minimum Gasteiger partial charge on any atom is -0.490 e. The zero-order valence-corrected chi connectivity index (χ0v) is 31.5. The number of esters is 1. The maximum atomic E-state index is 12.9. The molecule has 0 saturated heterocycles. The molecule has 2 amide bonds. The summed E-state index contributed by atoms with van der Waals surface area (Å²) in [6.45, 7) is -1.11. The number of aromatic nitrogens is 1. The van der Waals surface area contributed by atoms with Crippen LogP contribution < -0.4 is 25.2 Å². The van der Waals surface area contributed by atoms with Gasteiger partial charge in [-0.2, -0.15) is 0 Å². The van der Waals surface area contributed by atoms with Crippen molar-refractivity contribution in [3.05, 3.63) is 71.0 Å². The summed E-state index contributed by atoms with van der Waals surface area (Å²) in [6.07, 6.45) is 1.42. The van der Waals surface area contributed by atoms with E-state index in [9.17, 15) is 38.4 Å². The van der Waals surface area contributed by atoms with Gasteiger partial charge in [0.1, 0.15) is 29.0 Å². The maximum absolute atomic E-state index is 12.9. The van der Waals surface area contributed by atoms with Crippen LogP contribution in [-0.2, 0) is 31.8 Å². The highest BCUT2D eigenvalue weighted by atomic mass is 35.5. The first-order valence-corrected chi connectivity index (χ1v) is 19.9. The number of nitrogens with two attached hydrogens (primary N) is 1. The quantitative estimate of drug-likeness (QED) is 0.0436. The van der Waals surface area contributed by atoms with Gasteiger partial charge in [0.25, 0.3) is 0 Å². The van der Waals surface area contributed by atoms with Gasteiger partial charge in [-0.05, 0) is 62.3 Å². The first-order valence-electron chi connectivity index (χ1n) is 18.0. The number of unbranched alkanes of at least 4 members (excludes halogenated alkanes) is 2. The van der Waals surface area contributed by atoms with E-state index in [0.717, 1.165) is 35.3 Å². The van der Waals surface area contributed by atoms with Crippen molar-refractivity contribution in [2.75, 3.05) is 19.7 Å². The van der Waals surface area contributed by atoms with Crippen LogP contribution in [0.4, 0.5) is 4.79 Å². The summed E-state index contributed by atoms with van der Waals surface area (Å²) in [5.74, 6) is -0.354. The fourth-order valence-corrected chi connectivity index (χ4v) is 6.84. The lowest BCUT2D eigenvalue weighted by Gasteiger charge is -2.25. The molecule has 1 heterocycles. The Morgan fingerprint density at radius 3 is 2.38 bits per heavy atom. The number of ether oxygens (including phenoxy) is 3. The molecular formula is C37H47ClN4O12S. The summed E-state index contributed by atoms with van der Waals surface area (Å²) in [6, 6.07) is 11.8. The van der Waals surface area contributed by atoms with Gasteiger partial charge in [-0.3, -0.25) is 9.78 Å². The van der Waals surface area contributed by atoms with Crippen molar-refractivity contribution < 1.29 is 57.8 Å². The second-order valence-electron chi connectivity index (χ2n) is 13.6. The number of hydrogen-bond acceptors (Lipinski definition) is 13. The molecule has 0 unspecified atom stereocenters. The third-order valence-corrected chi connectivity index (χ3v) is 10.7. The fourth-order valence-electron chi connectivity index (χ4n) is 5.86. The van der Waals surface area contributed by atoms with E-state index < -0.39 is 75.8 Å². The van der Waals surface area contributed by atoms with Crippen LogP contribution in [0.15, 0.2) is 59.8 Å². The number of hydrogen-bond donors (Lipinski definition) is 8. The van der Waals surface area contributed by atoms with Gasteiger partial charge in [-0.1, -0.05) is 42.3 Å². The van der Waals surface area contributed by atoms with E-state index in [1.54, 1.807) is 12.4 Å². The molecule has 2 aliphatic carbocycles. The number of halogens is 1. The number of aliphatic hydroxyl groups is 5. The number of urea groups is 1. The Kier molecular flexibility index (Phi) is 14.5. The molecule has 3 aromatic rings. The molecule has 5 rings (SSSR count). The minimum absolute atomic E-state index is 0.0300. The van der Waals surface area contributed by atoms with Crippen LogP contribution in [0.2, 0.25) is 5.02 Å². The Balaban J connectivity index is 1.14.